The minimum absolute atomic E-state index is 0.0839. The first-order chi connectivity index (χ1) is 6.83. The van der Waals surface area contributed by atoms with E-state index in [4.69, 9.17) is 9.84 Å². The zero-order valence-corrected chi connectivity index (χ0v) is 8.44. The van der Waals surface area contributed by atoms with Gasteiger partial charge < -0.3 is 9.84 Å². The summed E-state index contributed by atoms with van der Waals surface area (Å²) in [5.41, 5.74) is 2.23. The molecule has 0 saturated heterocycles. The predicted molar refractivity (Wildman–Crippen MR) is 56.9 cm³/mol. The Morgan fingerprint density at radius 1 is 1.36 bits per heavy atom. The van der Waals surface area contributed by atoms with Gasteiger partial charge in [0.2, 0.25) is 0 Å². The molecule has 2 nitrogen and oxygen atoms in total. The van der Waals surface area contributed by atoms with Crippen LogP contribution in [-0.2, 0) is 11.3 Å². The minimum atomic E-state index is 0.0839. The third kappa shape index (κ3) is 4.21. The molecule has 0 aliphatic rings. The van der Waals surface area contributed by atoms with Crippen LogP contribution < -0.4 is 0 Å². The van der Waals surface area contributed by atoms with Crippen LogP contribution in [0.15, 0.2) is 42.0 Å². The number of rotatable bonds is 5. The fourth-order valence-corrected chi connectivity index (χ4v) is 1.12. The molecule has 1 rings (SSSR count). The van der Waals surface area contributed by atoms with Crippen LogP contribution in [0.2, 0.25) is 0 Å². The monoisotopic (exact) mass is 192 g/mol. The van der Waals surface area contributed by atoms with Crippen LogP contribution in [0.1, 0.15) is 12.5 Å². The zero-order chi connectivity index (χ0) is 10.2. The molecule has 0 fully saturated rings. The number of benzene rings is 1. The molecule has 0 unspecified atom stereocenters. The maximum atomic E-state index is 8.62. The molecule has 1 aromatic rings. The van der Waals surface area contributed by atoms with Crippen LogP contribution in [0.25, 0.3) is 0 Å². The molecule has 0 atom stereocenters. The highest BCUT2D eigenvalue weighted by Gasteiger charge is 1.92. The van der Waals surface area contributed by atoms with E-state index in [2.05, 4.69) is 0 Å². The van der Waals surface area contributed by atoms with Crippen molar-refractivity contribution in [1.29, 1.82) is 0 Å². The van der Waals surface area contributed by atoms with Crippen LogP contribution in [0, 0.1) is 0 Å². The van der Waals surface area contributed by atoms with Gasteiger partial charge >= 0.3 is 0 Å². The van der Waals surface area contributed by atoms with Crippen molar-refractivity contribution in [3.05, 3.63) is 47.5 Å². The van der Waals surface area contributed by atoms with Gasteiger partial charge in [-0.3, -0.25) is 0 Å². The maximum absolute atomic E-state index is 8.62. The van der Waals surface area contributed by atoms with Gasteiger partial charge in [0.15, 0.2) is 0 Å². The lowest BCUT2D eigenvalue weighted by atomic mass is 10.2. The molecule has 0 aliphatic carbocycles. The van der Waals surface area contributed by atoms with E-state index in [1.807, 2.05) is 37.3 Å². The molecule has 0 radical (unpaired) electrons. The van der Waals surface area contributed by atoms with Crippen molar-refractivity contribution in [3.63, 3.8) is 0 Å². The van der Waals surface area contributed by atoms with Crippen molar-refractivity contribution >= 4 is 0 Å². The molecule has 2 heteroatoms. The van der Waals surface area contributed by atoms with Crippen molar-refractivity contribution in [3.8, 4) is 0 Å². The summed E-state index contributed by atoms with van der Waals surface area (Å²) in [7, 11) is 0. The quantitative estimate of drug-likeness (QED) is 0.724. The SMILES string of the molecule is CC(=CCO)COCc1ccccc1. The highest BCUT2D eigenvalue weighted by atomic mass is 16.5. The van der Waals surface area contributed by atoms with Crippen LogP contribution >= 0.6 is 0 Å². The van der Waals surface area contributed by atoms with Gasteiger partial charge in [0.1, 0.15) is 0 Å². The van der Waals surface area contributed by atoms with Gasteiger partial charge in [-0.2, -0.15) is 0 Å². The molecule has 0 heterocycles. The molecule has 0 saturated carbocycles. The molecule has 0 bridgehead atoms. The van der Waals surface area contributed by atoms with E-state index in [9.17, 15) is 0 Å². The Hall–Kier alpha value is -1.12. The standard InChI is InChI=1S/C12H16O2/c1-11(7-8-13)9-14-10-12-5-3-2-4-6-12/h2-7,13H,8-10H2,1H3. The fourth-order valence-electron chi connectivity index (χ4n) is 1.12. The Bertz CT molecular complexity index is 278. The lowest BCUT2D eigenvalue weighted by Crippen LogP contribution is -1.97. The second-order valence-electron chi connectivity index (χ2n) is 3.21. The highest BCUT2D eigenvalue weighted by molar-refractivity contribution is 5.13. The summed E-state index contributed by atoms with van der Waals surface area (Å²) in [6, 6.07) is 10.0. The summed E-state index contributed by atoms with van der Waals surface area (Å²) in [5, 5.41) is 8.62. The smallest absolute Gasteiger partial charge is 0.0721 e. The second-order valence-corrected chi connectivity index (χ2v) is 3.21. The Labute approximate surface area is 84.8 Å². The first-order valence-corrected chi connectivity index (χ1v) is 4.71. The van der Waals surface area contributed by atoms with Crippen LogP contribution in [0.3, 0.4) is 0 Å². The predicted octanol–water partition coefficient (Wildman–Crippen LogP) is 2.14. The van der Waals surface area contributed by atoms with E-state index in [0.29, 0.717) is 13.2 Å². The van der Waals surface area contributed by atoms with Crippen molar-refractivity contribution in [2.24, 2.45) is 0 Å². The summed E-state index contributed by atoms with van der Waals surface area (Å²) < 4.78 is 5.45. The average Bonchev–Trinajstić information content (AvgIpc) is 2.20. The Morgan fingerprint density at radius 3 is 2.71 bits per heavy atom. The molecular weight excluding hydrogens is 176 g/mol. The van der Waals surface area contributed by atoms with Crippen molar-refractivity contribution < 1.29 is 9.84 Å². The zero-order valence-electron chi connectivity index (χ0n) is 8.44. The number of aliphatic hydroxyl groups excluding tert-OH is 1. The van der Waals surface area contributed by atoms with E-state index < -0.39 is 0 Å². The molecule has 0 amide bonds. The average molecular weight is 192 g/mol. The van der Waals surface area contributed by atoms with E-state index in [1.54, 1.807) is 6.08 Å². The van der Waals surface area contributed by atoms with Crippen LogP contribution in [0.5, 0.6) is 0 Å². The fraction of sp³-hybridized carbons (Fsp3) is 0.333. The molecule has 0 spiro atoms. The molecule has 0 aliphatic heterocycles. The summed E-state index contributed by atoms with van der Waals surface area (Å²) in [4.78, 5) is 0. The van der Waals surface area contributed by atoms with Gasteiger partial charge in [-0.05, 0) is 18.1 Å². The van der Waals surface area contributed by atoms with Crippen molar-refractivity contribution in [1.82, 2.24) is 0 Å². The molecule has 14 heavy (non-hydrogen) atoms. The van der Waals surface area contributed by atoms with E-state index >= 15 is 0 Å². The third-order valence-electron chi connectivity index (χ3n) is 1.88. The Balaban J connectivity index is 2.25. The van der Waals surface area contributed by atoms with E-state index in [1.165, 1.54) is 5.56 Å². The second kappa shape index (κ2) is 6.35. The molecule has 1 N–H and O–H groups in total. The maximum Gasteiger partial charge on any atom is 0.0721 e. The molecule has 0 aromatic heterocycles. The lowest BCUT2D eigenvalue weighted by Gasteiger charge is -2.04. The summed E-state index contributed by atoms with van der Waals surface area (Å²) >= 11 is 0. The van der Waals surface area contributed by atoms with Crippen LogP contribution in [-0.4, -0.2) is 18.3 Å². The van der Waals surface area contributed by atoms with Gasteiger partial charge in [0.25, 0.3) is 0 Å². The third-order valence-corrected chi connectivity index (χ3v) is 1.88. The number of ether oxygens (including phenoxy) is 1. The summed E-state index contributed by atoms with van der Waals surface area (Å²) in [6.45, 7) is 3.23. The normalized spacial score (nSPS) is 11.7. The Kier molecular flexibility index (Phi) is 4.97. The van der Waals surface area contributed by atoms with Crippen LogP contribution in [0.4, 0.5) is 0 Å². The molecular formula is C12H16O2. The number of aliphatic hydroxyl groups is 1. The first kappa shape index (κ1) is 11.0. The summed E-state index contributed by atoms with van der Waals surface area (Å²) in [5.74, 6) is 0. The summed E-state index contributed by atoms with van der Waals surface area (Å²) in [6.07, 6.45) is 1.75. The van der Waals surface area contributed by atoms with Gasteiger partial charge in [-0.1, -0.05) is 36.4 Å². The number of hydrogen-bond acceptors (Lipinski definition) is 2. The van der Waals surface area contributed by atoms with Gasteiger partial charge in [-0.15, -0.1) is 0 Å². The number of hydrogen-bond donors (Lipinski definition) is 1. The first-order valence-electron chi connectivity index (χ1n) is 4.71. The highest BCUT2D eigenvalue weighted by Crippen LogP contribution is 2.02. The van der Waals surface area contributed by atoms with Gasteiger partial charge in [0.05, 0.1) is 19.8 Å². The van der Waals surface area contributed by atoms with E-state index in [0.717, 1.165) is 5.57 Å². The van der Waals surface area contributed by atoms with Crippen molar-refractivity contribution in [2.45, 2.75) is 13.5 Å². The molecule has 1 aromatic carbocycles. The van der Waals surface area contributed by atoms with Gasteiger partial charge in [-0.25, -0.2) is 0 Å². The minimum Gasteiger partial charge on any atom is -0.392 e. The van der Waals surface area contributed by atoms with Gasteiger partial charge in [0, 0.05) is 0 Å². The molecule has 76 valence electrons. The van der Waals surface area contributed by atoms with Crippen molar-refractivity contribution in [2.75, 3.05) is 13.2 Å². The lowest BCUT2D eigenvalue weighted by molar-refractivity contribution is 0.142. The Morgan fingerprint density at radius 2 is 2.07 bits per heavy atom. The largest absolute Gasteiger partial charge is 0.392 e. The topological polar surface area (TPSA) is 29.5 Å². The van der Waals surface area contributed by atoms with E-state index in [-0.39, 0.29) is 6.61 Å².